The number of carboxylic acid groups (broad SMARTS) is 2. The minimum Gasteiger partial charge on any atom is -0.545 e. The van der Waals surface area contributed by atoms with Gasteiger partial charge in [-0.3, -0.25) is 4.90 Å². The van der Waals surface area contributed by atoms with E-state index in [0.717, 1.165) is 6.42 Å². The van der Waals surface area contributed by atoms with Crippen LogP contribution in [0.3, 0.4) is 0 Å². The second-order valence-corrected chi connectivity index (χ2v) is 8.87. The molecule has 1 unspecified atom stereocenters. The molecule has 0 saturated carbocycles. The van der Waals surface area contributed by atoms with Crippen LogP contribution in [0, 0.1) is 6.92 Å². The summed E-state index contributed by atoms with van der Waals surface area (Å²) in [7, 11) is 2.23. The Kier molecular flexibility index (Phi) is 9.46. The van der Waals surface area contributed by atoms with Crippen LogP contribution in [-0.4, -0.2) is 60.4 Å². The van der Waals surface area contributed by atoms with Gasteiger partial charge < -0.3 is 30.2 Å². The van der Waals surface area contributed by atoms with E-state index in [1.165, 1.54) is 52.7 Å². The number of carboxylic acids is 2. The lowest BCUT2D eigenvalue weighted by atomic mass is 9.96. The first-order valence-electron chi connectivity index (χ1n) is 10.2. The number of rotatable bonds is 3. The molecular weight excluding hydrogens is 428 g/mol. The Morgan fingerprint density at radius 2 is 1.59 bits per heavy atom. The molecule has 7 nitrogen and oxygen atoms in total. The molecule has 1 saturated heterocycles. The zero-order valence-electron chi connectivity index (χ0n) is 18.2. The van der Waals surface area contributed by atoms with Gasteiger partial charge in [-0.2, -0.15) is 0 Å². The molecule has 0 amide bonds. The standard InChI is InChI=1S/C20H24N2S.C4H4O4.H2O/c1-15-7-8-19-16(13-15)14-18(22-11-9-21(2)10-12-22)17-5-3-4-6-20(17)23-19;5-3(6)1-2-4(7)8;/h3-8,13,18H,9-12,14H2,1-2H3;1-2H,(H,5,6)(H,7,8);1H2/p-2/b;2-1-;. The van der Waals surface area contributed by atoms with Crippen LogP contribution in [-0.2, 0) is 16.0 Å². The minimum atomic E-state index is -1.55. The molecule has 172 valence electrons. The Bertz CT molecular complexity index is 955. The Balaban J connectivity index is 0.000000350. The Morgan fingerprint density at radius 1 is 0.969 bits per heavy atom. The van der Waals surface area contributed by atoms with E-state index >= 15 is 0 Å². The van der Waals surface area contributed by atoms with E-state index in [9.17, 15) is 19.8 Å². The first-order chi connectivity index (χ1) is 14.8. The normalized spacial score (nSPS) is 18.4. The van der Waals surface area contributed by atoms with E-state index in [4.69, 9.17) is 0 Å². The Labute approximate surface area is 192 Å². The van der Waals surface area contributed by atoms with Crippen molar-refractivity contribution < 1.29 is 25.3 Å². The lowest BCUT2D eigenvalue weighted by molar-refractivity contribution is -0.301. The summed E-state index contributed by atoms with van der Waals surface area (Å²) in [6.07, 6.45) is 1.90. The van der Waals surface area contributed by atoms with Crippen LogP contribution in [0.15, 0.2) is 64.4 Å². The minimum absolute atomic E-state index is 0. The summed E-state index contributed by atoms with van der Waals surface area (Å²) in [5.74, 6) is -3.09. The van der Waals surface area contributed by atoms with Gasteiger partial charge in [0.25, 0.3) is 0 Å². The van der Waals surface area contributed by atoms with Gasteiger partial charge in [0.05, 0.1) is 11.9 Å². The van der Waals surface area contributed by atoms with Crippen LogP contribution in [0.1, 0.15) is 22.7 Å². The Hall–Kier alpha value is -2.65. The molecule has 2 aliphatic heterocycles. The van der Waals surface area contributed by atoms with Crippen molar-refractivity contribution in [3.8, 4) is 0 Å². The van der Waals surface area contributed by atoms with Crippen LogP contribution in [0.4, 0.5) is 0 Å². The van der Waals surface area contributed by atoms with E-state index in [2.05, 4.69) is 66.2 Å². The molecule has 1 fully saturated rings. The third kappa shape index (κ3) is 6.93. The molecule has 8 heteroatoms. The summed E-state index contributed by atoms with van der Waals surface area (Å²) in [5.41, 5.74) is 4.39. The number of nitrogens with zero attached hydrogens (tertiary/aromatic N) is 2. The van der Waals surface area contributed by atoms with Crippen molar-refractivity contribution in [2.75, 3.05) is 33.2 Å². The number of hydrogen-bond donors (Lipinski definition) is 0. The van der Waals surface area contributed by atoms with Crippen LogP contribution < -0.4 is 10.2 Å². The maximum absolute atomic E-state index is 9.41. The number of hydrogen-bond acceptors (Lipinski definition) is 7. The van der Waals surface area contributed by atoms with Gasteiger partial charge in [0.2, 0.25) is 0 Å². The number of aliphatic carboxylic acids is 2. The molecule has 2 N–H and O–H groups in total. The molecule has 1 atom stereocenters. The SMILES string of the molecule is Cc1ccc2c(c1)CC(N1CCN(C)CC1)c1ccccc1S2.O.O=C([O-])/C=C\C(=O)[O-]. The van der Waals surface area contributed by atoms with Crippen molar-refractivity contribution in [1.29, 1.82) is 0 Å². The second-order valence-electron chi connectivity index (χ2n) is 7.78. The van der Waals surface area contributed by atoms with Crippen LogP contribution >= 0.6 is 11.8 Å². The van der Waals surface area contributed by atoms with Crippen molar-refractivity contribution in [3.63, 3.8) is 0 Å². The maximum atomic E-state index is 9.41. The molecule has 0 radical (unpaired) electrons. The molecule has 4 rings (SSSR count). The molecule has 2 heterocycles. The van der Waals surface area contributed by atoms with Crippen LogP contribution in [0.5, 0.6) is 0 Å². The van der Waals surface area contributed by atoms with Gasteiger partial charge in [0.1, 0.15) is 0 Å². The summed E-state index contributed by atoms with van der Waals surface area (Å²) in [4.78, 5) is 26.8. The van der Waals surface area contributed by atoms with Crippen molar-refractivity contribution in [3.05, 3.63) is 71.3 Å². The first kappa shape index (κ1) is 25.6. The van der Waals surface area contributed by atoms with Crippen molar-refractivity contribution in [2.24, 2.45) is 0 Å². The first-order valence-corrected chi connectivity index (χ1v) is 11.0. The summed E-state index contributed by atoms with van der Waals surface area (Å²) >= 11 is 1.94. The molecule has 2 aromatic carbocycles. The predicted molar refractivity (Wildman–Crippen MR) is 120 cm³/mol. The molecular formula is C24H28N2O5S-2. The van der Waals surface area contributed by atoms with Crippen molar-refractivity contribution in [2.45, 2.75) is 29.2 Å². The third-order valence-electron chi connectivity index (χ3n) is 5.46. The number of carbonyl (C=O) groups excluding carboxylic acids is 2. The summed E-state index contributed by atoms with van der Waals surface area (Å²) in [5, 5.41) is 18.8. The highest BCUT2D eigenvalue weighted by Gasteiger charge is 2.29. The predicted octanol–water partition coefficient (Wildman–Crippen LogP) is 0.209. The molecule has 0 aliphatic carbocycles. The molecule has 0 bridgehead atoms. The van der Waals surface area contributed by atoms with Gasteiger partial charge in [-0.25, -0.2) is 0 Å². The highest BCUT2D eigenvalue weighted by molar-refractivity contribution is 7.99. The lowest BCUT2D eigenvalue weighted by Gasteiger charge is -2.38. The monoisotopic (exact) mass is 456 g/mol. The number of fused-ring (bicyclic) bond motifs is 2. The fourth-order valence-corrected chi connectivity index (χ4v) is 4.96. The smallest absolute Gasteiger partial charge is 0.0643 e. The van der Waals surface area contributed by atoms with Gasteiger partial charge in [-0.15, -0.1) is 0 Å². The number of aryl methyl sites for hydroxylation is 1. The summed E-state index contributed by atoms with van der Waals surface area (Å²) in [6, 6.07) is 16.4. The van der Waals surface area contributed by atoms with Crippen molar-refractivity contribution in [1.82, 2.24) is 9.80 Å². The third-order valence-corrected chi connectivity index (χ3v) is 6.67. The topological polar surface area (TPSA) is 118 Å². The molecule has 0 aromatic heterocycles. The zero-order chi connectivity index (χ0) is 22.4. The van der Waals surface area contributed by atoms with Gasteiger partial charge in [-0.05, 0) is 55.8 Å². The fraction of sp³-hybridized carbons (Fsp3) is 0.333. The molecule has 2 aliphatic rings. The quantitative estimate of drug-likeness (QED) is 0.606. The van der Waals surface area contributed by atoms with Crippen LogP contribution in [0.2, 0.25) is 0 Å². The second kappa shape index (κ2) is 11.8. The number of carbonyl (C=O) groups is 2. The summed E-state index contributed by atoms with van der Waals surface area (Å²) < 4.78 is 0. The highest BCUT2D eigenvalue weighted by atomic mass is 32.2. The lowest BCUT2D eigenvalue weighted by Crippen LogP contribution is -2.46. The van der Waals surface area contributed by atoms with Gasteiger partial charge in [-0.1, -0.05) is 47.7 Å². The van der Waals surface area contributed by atoms with Gasteiger partial charge >= 0.3 is 0 Å². The fourth-order valence-electron chi connectivity index (χ4n) is 3.85. The van der Waals surface area contributed by atoms with Gasteiger partial charge in [0.15, 0.2) is 0 Å². The molecule has 2 aromatic rings. The summed E-state index contributed by atoms with van der Waals surface area (Å²) in [6.45, 7) is 6.88. The Morgan fingerprint density at radius 3 is 2.22 bits per heavy atom. The maximum Gasteiger partial charge on any atom is 0.0643 e. The zero-order valence-corrected chi connectivity index (χ0v) is 19.1. The molecule has 0 spiro atoms. The van der Waals surface area contributed by atoms with Crippen molar-refractivity contribution >= 4 is 23.7 Å². The largest absolute Gasteiger partial charge is 0.545 e. The molecule has 32 heavy (non-hydrogen) atoms. The van der Waals surface area contributed by atoms with E-state index in [0.29, 0.717) is 18.2 Å². The van der Waals surface area contributed by atoms with E-state index in [-0.39, 0.29) is 5.48 Å². The van der Waals surface area contributed by atoms with E-state index in [1.54, 1.807) is 0 Å². The average molecular weight is 457 g/mol. The van der Waals surface area contributed by atoms with E-state index in [1.807, 2.05) is 11.8 Å². The number of benzene rings is 2. The number of likely N-dealkylation sites (N-methyl/N-ethyl adjacent to an activating group) is 1. The highest BCUT2D eigenvalue weighted by Crippen LogP contribution is 2.43. The van der Waals surface area contributed by atoms with Gasteiger partial charge in [0, 0.05) is 42.0 Å². The van der Waals surface area contributed by atoms with E-state index < -0.39 is 11.9 Å². The average Bonchev–Trinajstić information content (AvgIpc) is 2.90. The number of piperazine rings is 1. The van der Waals surface area contributed by atoms with Crippen LogP contribution in [0.25, 0.3) is 0 Å².